The Balaban J connectivity index is 2.48. The third-order valence-corrected chi connectivity index (χ3v) is 6.79. The lowest BCUT2D eigenvalue weighted by atomic mass is 10.1. The molecule has 0 bridgehead atoms. The maximum atomic E-state index is 13.5. The summed E-state index contributed by atoms with van der Waals surface area (Å²) in [6.45, 7) is 5.19. The van der Waals surface area contributed by atoms with Crippen molar-refractivity contribution >= 4 is 39.1 Å². The van der Waals surface area contributed by atoms with E-state index < -0.39 is 28.5 Å². The summed E-state index contributed by atoms with van der Waals surface area (Å²) in [5, 5.41) is 3.00. The number of halogens is 1. The molecule has 32 heavy (non-hydrogen) atoms. The van der Waals surface area contributed by atoms with E-state index in [1.807, 2.05) is 38.1 Å². The van der Waals surface area contributed by atoms with Crippen molar-refractivity contribution in [3.05, 3.63) is 64.2 Å². The fourth-order valence-electron chi connectivity index (χ4n) is 3.55. The Kier molecular flexibility index (Phi) is 8.69. The molecule has 2 aromatic carbocycles. The van der Waals surface area contributed by atoms with Gasteiger partial charge >= 0.3 is 0 Å². The fourth-order valence-corrected chi connectivity index (χ4v) is 4.62. The zero-order valence-electron chi connectivity index (χ0n) is 19.1. The van der Waals surface area contributed by atoms with Gasteiger partial charge in [0.2, 0.25) is 21.8 Å². The van der Waals surface area contributed by atoms with E-state index in [2.05, 4.69) is 5.32 Å². The number of hydrogen-bond donors (Lipinski definition) is 1. The predicted molar refractivity (Wildman–Crippen MR) is 128 cm³/mol. The average molecular weight is 480 g/mol. The first-order valence-corrected chi connectivity index (χ1v) is 12.5. The van der Waals surface area contributed by atoms with Gasteiger partial charge in [0.25, 0.3) is 0 Å². The number of aryl methyl sites for hydroxylation is 1. The van der Waals surface area contributed by atoms with E-state index in [-0.39, 0.29) is 12.5 Å². The molecule has 0 radical (unpaired) electrons. The number of hydrogen-bond acceptors (Lipinski definition) is 4. The summed E-state index contributed by atoms with van der Waals surface area (Å²) in [7, 11) is -2.28. The largest absolute Gasteiger partial charge is 0.357 e. The minimum Gasteiger partial charge on any atom is -0.357 e. The number of rotatable bonds is 9. The van der Waals surface area contributed by atoms with Crippen LogP contribution >= 0.6 is 11.6 Å². The fraction of sp³-hybridized carbons (Fsp3) is 0.391. The Labute approximate surface area is 195 Å². The second-order valence-corrected chi connectivity index (χ2v) is 10.0. The van der Waals surface area contributed by atoms with Gasteiger partial charge in [0.1, 0.15) is 12.6 Å². The van der Waals surface area contributed by atoms with Crippen LogP contribution in [0.2, 0.25) is 5.02 Å². The number of benzene rings is 2. The van der Waals surface area contributed by atoms with Gasteiger partial charge in [-0.25, -0.2) is 8.42 Å². The van der Waals surface area contributed by atoms with Crippen LogP contribution in [0.25, 0.3) is 0 Å². The minimum absolute atomic E-state index is 0.179. The average Bonchev–Trinajstić information content (AvgIpc) is 2.73. The molecule has 1 N–H and O–H groups in total. The zero-order valence-corrected chi connectivity index (χ0v) is 20.6. The van der Waals surface area contributed by atoms with Crippen LogP contribution in [0.3, 0.4) is 0 Å². The number of carbonyl (C=O) groups excluding carboxylic acids is 2. The minimum atomic E-state index is -3.80. The van der Waals surface area contributed by atoms with Crippen LogP contribution < -0.4 is 9.62 Å². The maximum Gasteiger partial charge on any atom is 0.244 e. The van der Waals surface area contributed by atoms with E-state index in [1.165, 1.54) is 11.9 Å². The van der Waals surface area contributed by atoms with Crippen molar-refractivity contribution in [1.29, 1.82) is 0 Å². The summed E-state index contributed by atoms with van der Waals surface area (Å²) in [6, 6.07) is 11.8. The van der Waals surface area contributed by atoms with Crippen LogP contribution in [-0.2, 0) is 26.2 Å². The number of anilines is 1. The van der Waals surface area contributed by atoms with Crippen molar-refractivity contribution in [1.82, 2.24) is 10.2 Å². The molecule has 0 saturated heterocycles. The molecule has 0 aromatic heterocycles. The van der Waals surface area contributed by atoms with Crippen molar-refractivity contribution in [2.75, 3.05) is 24.2 Å². The molecule has 0 aliphatic heterocycles. The summed E-state index contributed by atoms with van der Waals surface area (Å²) < 4.78 is 26.3. The van der Waals surface area contributed by atoms with Crippen LogP contribution in [-0.4, -0.2) is 51.0 Å². The molecule has 0 fully saturated rings. The van der Waals surface area contributed by atoms with E-state index in [0.717, 1.165) is 21.7 Å². The molecule has 0 saturated carbocycles. The molecule has 2 amide bonds. The molecule has 0 aliphatic rings. The highest BCUT2D eigenvalue weighted by molar-refractivity contribution is 7.92. The quantitative estimate of drug-likeness (QED) is 0.598. The molecule has 0 heterocycles. The molecule has 2 aromatic rings. The van der Waals surface area contributed by atoms with Crippen molar-refractivity contribution < 1.29 is 18.0 Å². The van der Waals surface area contributed by atoms with E-state index in [1.54, 1.807) is 25.1 Å². The molecule has 7 nitrogen and oxygen atoms in total. The van der Waals surface area contributed by atoms with Crippen LogP contribution in [0.15, 0.2) is 42.5 Å². The molecule has 2 rings (SSSR count). The van der Waals surface area contributed by atoms with Crippen LogP contribution in [0, 0.1) is 13.8 Å². The summed E-state index contributed by atoms with van der Waals surface area (Å²) in [6.07, 6.45) is 1.42. The smallest absolute Gasteiger partial charge is 0.244 e. The van der Waals surface area contributed by atoms with E-state index in [0.29, 0.717) is 22.7 Å². The Morgan fingerprint density at radius 3 is 2.34 bits per heavy atom. The van der Waals surface area contributed by atoms with Crippen LogP contribution in [0.1, 0.15) is 30.0 Å². The Morgan fingerprint density at radius 1 is 1.12 bits per heavy atom. The SMILES string of the molecule is CCC(C(=O)NC)N(Cc1cccc(C)c1)C(=O)CN(c1cccc(Cl)c1C)S(C)(=O)=O. The van der Waals surface area contributed by atoms with Crippen LogP contribution in [0.4, 0.5) is 5.69 Å². The number of likely N-dealkylation sites (N-methyl/N-ethyl adjacent to an activating group) is 1. The molecule has 0 aliphatic carbocycles. The molecule has 0 spiro atoms. The Hall–Kier alpha value is -2.58. The molecule has 1 unspecified atom stereocenters. The van der Waals surface area contributed by atoms with Gasteiger partial charge in [-0.05, 0) is 43.5 Å². The highest BCUT2D eigenvalue weighted by atomic mass is 35.5. The van der Waals surface area contributed by atoms with Crippen molar-refractivity contribution in [3.63, 3.8) is 0 Å². The maximum absolute atomic E-state index is 13.5. The first kappa shape index (κ1) is 25.7. The second-order valence-electron chi connectivity index (χ2n) is 7.70. The molecule has 1 atom stereocenters. The molecular formula is C23H30ClN3O4S. The Bertz CT molecular complexity index is 1090. The number of sulfonamides is 1. The van der Waals surface area contributed by atoms with Gasteiger partial charge < -0.3 is 10.2 Å². The third kappa shape index (κ3) is 6.23. The zero-order chi connectivity index (χ0) is 24.1. The van der Waals surface area contributed by atoms with E-state index in [4.69, 9.17) is 11.6 Å². The lowest BCUT2D eigenvalue weighted by Crippen LogP contribution is -2.51. The molecular weight excluding hydrogens is 450 g/mol. The third-order valence-electron chi connectivity index (χ3n) is 5.25. The topological polar surface area (TPSA) is 86.8 Å². The highest BCUT2D eigenvalue weighted by Crippen LogP contribution is 2.28. The van der Waals surface area contributed by atoms with Crippen molar-refractivity contribution in [3.8, 4) is 0 Å². The van der Waals surface area contributed by atoms with Gasteiger partial charge in [-0.15, -0.1) is 0 Å². The highest BCUT2D eigenvalue weighted by Gasteiger charge is 2.31. The Morgan fingerprint density at radius 2 is 1.78 bits per heavy atom. The molecule has 9 heteroatoms. The summed E-state index contributed by atoms with van der Waals surface area (Å²) in [5.74, 6) is -0.787. The van der Waals surface area contributed by atoms with Crippen molar-refractivity contribution in [2.24, 2.45) is 0 Å². The van der Waals surface area contributed by atoms with Crippen LogP contribution in [0.5, 0.6) is 0 Å². The van der Waals surface area contributed by atoms with Gasteiger partial charge in [0.05, 0.1) is 11.9 Å². The first-order valence-electron chi connectivity index (χ1n) is 10.3. The van der Waals surface area contributed by atoms with Gasteiger partial charge in [0, 0.05) is 18.6 Å². The lowest BCUT2D eigenvalue weighted by Gasteiger charge is -2.33. The van der Waals surface area contributed by atoms with E-state index in [9.17, 15) is 18.0 Å². The van der Waals surface area contributed by atoms with Gasteiger partial charge in [0.15, 0.2) is 0 Å². The monoisotopic (exact) mass is 479 g/mol. The summed E-state index contributed by atoms with van der Waals surface area (Å²) >= 11 is 6.19. The van der Waals surface area contributed by atoms with E-state index >= 15 is 0 Å². The van der Waals surface area contributed by atoms with Crippen molar-refractivity contribution in [2.45, 2.75) is 39.8 Å². The summed E-state index contributed by atoms with van der Waals surface area (Å²) in [5.41, 5.74) is 2.76. The number of amides is 2. The summed E-state index contributed by atoms with van der Waals surface area (Å²) in [4.78, 5) is 27.5. The second kappa shape index (κ2) is 10.8. The number of nitrogens with one attached hydrogen (secondary N) is 1. The molecule has 174 valence electrons. The first-order chi connectivity index (χ1) is 15.0. The lowest BCUT2D eigenvalue weighted by molar-refractivity contribution is -0.140. The normalized spacial score (nSPS) is 12.2. The van der Waals surface area contributed by atoms with Gasteiger partial charge in [-0.2, -0.15) is 0 Å². The van der Waals surface area contributed by atoms with Gasteiger partial charge in [-0.3, -0.25) is 13.9 Å². The van der Waals surface area contributed by atoms with Gasteiger partial charge in [-0.1, -0.05) is 54.4 Å². The number of nitrogens with zero attached hydrogens (tertiary/aromatic N) is 2. The predicted octanol–water partition coefficient (Wildman–Crippen LogP) is 3.28. The number of carbonyl (C=O) groups is 2. The standard InChI is InChI=1S/C23H30ClN3O4S/c1-6-20(23(29)25-4)26(14-18-10-7-9-16(2)13-18)22(28)15-27(32(5,30)31)21-12-8-11-19(24)17(21)3/h7-13,20H,6,14-15H2,1-5H3,(H,25,29).